The second-order valence-electron chi connectivity index (χ2n) is 2.31. The summed E-state index contributed by atoms with van der Waals surface area (Å²) in [7, 11) is 0. The highest BCUT2D eigenvalue weighted by molar-refractivity contribution is 5.23. The van der Waals surface area contributed by atoms with Gasteiger partial charge < -0.3 is 0 Å². The second kappa shape index (κ2) is 2.36. The zero-order chi connectivity index (χ0) is 8.54. The molecule has 0 heterocycles. The molecule has 4 heteroatoms. The Morgan fingerprint density at radius 3 is 1.82 bits per heavy atom. The van der Waals surface area contributed by atoms with Gasteiger partial charge in [0, 0.05) is 0 Å². The average Bonchev–Trinajstić information content (AvgIpc) is 1.87. The molecule has 0 aromatic heterocycles. The number of halogens is 4. The van der Waals surface area contributed by atoms with Gasteiger partial charge >= 0.3 is 6.18 Å². The first kappa shape index (κ1) is 8.30. The Morgan fingerprint density at radius 2 is 1.55 bits per heavy atom. The molecule has 1 aliphatic rings. The van der Waals surface area contributed by atoms with Crippen molar-refractivity contribution in [3.63, 3.8) is 0 Å². The van der Waals surface area contributed by atoms with Crippen molar-refractivity contribution >= 4 is 0 Å². The lowest BCUT2D eigenvalue weighted by molar-refractivity contribution is -0.195. The molecule has 0 amide bonds. The number of allylic oxidation sites excluding steroid dienone is 4. The van der Waals surface area contributed by atoms with Crippen molar-refractivity contribution in [2.24, 2.45) is 0 Å². The van der Waals surface area contributed by atoms with E-state index in [1.807, 2.05) is 0 Å². The molecular weight excluding hydrogens is 160 g/mol. The number of alkyl halides is 4. The van der Waals surface area contributed by atoms with Gasteiger partial charge in [0.2, 0.25) is 5.67 Å². The molecule has 0 aliphatic heterocycles. The van der Waals surface area contributed by atoms with Crippen molar-refractivity contribution in [3.8, 4) is 0 Å². The predicted octanol–water partition coefficient (Wildman–Crippen LogP) is 2.77. The van der Waals surface area contributed by atoms with E-state index in [0.29, 0.717) is 18.6 Å². The van der Waals surface area contributed by atoms with Crippen molar-refractivity contribution in [1.82, 2.24) is 0 Å². The minimum absolute atomic E-state index is 0.363. The van der Waals surface area contributed by atoms with Crippen LogP contribution >= 0.6 is 0 Å². The van der Waals surface area contributed by atoms with Crippen molar-refractivity contribution in [2.45, 2.75) is 18.3 Å². The molecule has 1 rings (SSSR count). The normalized spacial score (nSPS) is 22.2. The maximum absolute atomic E-state index is 12.8. The molecule has 0 aromatic carbocycles. The van der Waals surface area contributed by atoms with Crippen LogP contribution in [-0.4, -0.2) is 11.8 Å². The van der Waals surface area contributed by atoms with Gasteiger partial charge in [0.25, 0.3) is 0 Å². The topological polar surface area (TPSA) is 0 Å². The van der Waals surface area contributed by atoms with Crippen molar-refractivity contribution in [1.29, 1.82) is 0 Å². The lowest BCUT2D eigenvalue weighted by atomic mass is 10.00. The van der Waals surface area contributed by atoms with Crippen LogP contribution in [0.15, 0.2) is 24.3 Å². The zero-order valence-corrected chi connectivity index (χ0v) is 5.53. The van der Waals surface area contributed by atoms with Gasteiger partial charge in [-0.2, -0.15) is 13.2 Å². The van der Waals surface area contributed by atoms with E-state index in [1.54, 1.807) is 0 Å². The van der Waals surface area contributed by atoms with Crippen molar-refractivity contribution in [3.05, 3.63) is 24.3 Å². The van der Waals surface area contributed by atoms with Gasteiger partial charge in [-0.1, -0.05) is 12.2 Å². The molecule has 0 unspecified atom stereocenters. The van der Waals surface area contributed by atoms with E-state index < -0.39 is 11.8 Å². The Bertz CT molecular complexity index is 187. The fraction of sp³-hybridized carbons (Fsp3) is 0.429. The van der Waals surface area contributed by atoms with E-state index in [-0.39, 0.29) is 0 Å². The summed E-state index contributed by atoms with van der Waals surface area (Å²) in [4.78, 5) is 0. The van der Waals surface area contributed by atoms with Crippen molar-refractivity contribution < 1.29 is 17.6 Å². The molecule has 1 aliphatic carbocycles. The summed E-state index contributed by atoms with van der Waals surface area (Å²) in [6.45, 7) is 0. The molecule has 0 saturated carbocycles. The summed E-state index contributed by atoms with van der Waals surface area (Å²) < 4.78 is 48.3. The molecule has 0 radical (unpaired) electrons. The van der Waals surface area contributed by atoms with Crippen LogP contribution in [0.1, 0.15) is 6.42 Å². The minimum atomic E-state index is -4.83. The molecular formula is C7H6F4. The Hall–Kier alpha value is -0.800. The third-order valence-electron chi connectivity index (χ3n) is 1.43. The van der Waals surface area contributed by atoms with E-state index >= 15 is 0 Å². The Morgan fingerprint density at radius 1 is 1.09 bits per heavy atom. The SMILES string of the molecule is FC(F)(F)C1(F)C=CCC=C1. The lowest BCUT2D eigenvalue weighted by Gasteiger charge is -2.22. The molecule has 0 atom stereocenters. The first-order valence-corrected chi connectivity index (χ1v) is 3.07. The summed E-state index contributed by atoms with van der Waals surface area (Å²) >= 11 is 0. The van der Waals surface area contributed by atoms with E-state index in [2.05, 4.69) is 0 Å². The molecule has 0 aromatic rings. The maximum Gasteiger partial charge on any atom is 0.429 e. The smallest absolute Gasteiger partial charge is 0.225 e. The van der Waals surface area contributed by atoms with Gasteiger partial charge in [-0.25, -0.2) is 4.39 Å². The summed E-state index contributed by atoms with van der Waals surface area (Å²) in [6.07, 6.45) is -1.08. The Kier molecular flexibility index (Phi) is 1.78. The fourth-order valence-corrected chi connectivity index (χ4v) is 0.802. The third kappa shape index (κ3) is 1.44. The van der Waals surface area contributed by atoms with E-state index in [4.69, 9.17) is 0 Å². The van der Waals surface area contributed by atoms with Crippen LogP contribution < -0.4 is 0 Å². The molecule has 0 bridgehead atoms. The second-order valence-corrected chi connectivity index (χ2v) is 2.31. The standard InChI is InChI=1S/C7H6F4/c8-6(7(9,10)11)4-2-1-3-5-6/h2-5H,1H2. The van der Waals surface area contributed by atoms with Gasteiger partial charge in [-0.3, -0.25) is 0 Å². The van der Waals surface area contributed by atoms with Gasteiger partial charge in [0.05, 0.1) is 0 Å². The number of hydrogen-bond donors (Lipinski definition) is 0. The molecule has 0 spiro atoms. The summed E-state index contributed by atoms with van der Waals surface area (Å²) in [5, 5.41) is 0. The van der Waals surface area contributed by atoms with E-state index in [1.165, 1.54) is 0 Å². The Labute approximate surface area is 61.2 Å². The van der Waals surface area contributed by atoms with Crippen LogP contribution in [-0.2, 0) is 0 Å². The fourth-order valence-electron chi connectivity index (χ4n) is 0.802. The Balaban J connectivity index is 2.90. The molecule has 11 heavy (non-hydrogen) atoms. The largest absolute Gasteiger partial charge is 0.429 e. The van der Waals surface area contributed by atoms with Crippen LogP contribution in [0.4, 0.5) is 17.6 Å². The van der Waals surface area contributed by atoms with Crippen molar-refractivity contribution in [2.75, 3.05) is 0 Å². The molecule has 0 N–H and O–H groups in total. The maximum atomic E-state index is 12.8. The van der Waals surface area contributed by atoms with Gasteiger partial charge in [-0.15, -0.1) is 0 Å². The average molecular weight is 166 g/mol. The van der Waals surface area contributed by atoms with Crippen LogP contribution in [0, 0.1) is 0 Å². The highest BCUT2D eigenvalue weighted by Gasteiger charge is 2.52. The lowest BCUT2D eigenvalue weighted by Crippen LogP contribution is -2.37. The van der Waals surface area contributed by atoms with Gasteiger partial charge in [0.15, 0.2) is 0 Å². The van der Waals surface area contributed by atoms with E-state index in [0.717, 1.165) is 12.2 Å². The number of hydrogen-bond acceptors (Lipinski definition) is 0. The van der Waals surface area contributed by atoms with Crippen LogP contribution in [0.5, 0.6) is 0 Å². The highest BCUT2D eigenvalue weighted by atomic mass is 19.4. The summed E-state index contributed by atoms with van der Waals surface area (Å²) in [5.74, 6) is 0. The summed E-state index contributed by atoms with van der Waals surface area (Å²) in [5.41, 5.74) is -3.24. The van der Waals surface area contributed by atoms with Crippen LogP contribution in [0.2, 0.25) is 0 Å². The van der Waals surface area contributed by atoms with Gasteiger partial charge in [0.1, 0.15) is 0 Å². The first-order chi connectivity index (χ1) is 4.96. The number of rotatable bonds is 0. The van der Waals surface area contributed by atoms with Crippen LogP contribution in [0.3, 0.4) is 0 Å². The molecule has 0 fully saturated rings. The quantitative estimate of drug-likeness (QED) is 0.383. The zero-order valence-electron chi connectivity index (χ0n) is 5.53. The molecule has 0 saturated heterocycles. The highest BCUT2D eigenvalue weighted by Crippen LogP contribution is 2.37. The molecule has 0 nitrogen and oxygen atoms in total. The van der Waals surface area contributed by atoms with Crippen LogP contribution in [0.25, 0.3) is 0 Å². The third-order valence-corrected chi connectivity index (χ3v) is 1.43. The minimum Gasteiger partial charge on any atom is -0.225 e. The molecule has 62 valence electrons. The predicted molar refractivity (Wildman–Crippen MR) is 32.8 cm³/mol. The first-order valence-electron chi connectivity index (χ1n) is 3.07. The monoisotopic (exact) mass is 166 g/mol. The van der Waals surface area contributed by atoms with Gasteiger partial charge in [-0.05, 0) is 18.6 Å². The van der Waals surface area contributed by atoms with E-state index in [9.17, 15) is 17.6 Å². The summed E-state index contributed by atoms with van der Waals surface area (Å²) in [6, 6.07) is 0.